The number of amides is 1. The van der Waals surface area contributed by atoms with Gasteiger partial charge in [0.15, 0.2) is 12.7 Å². The van der Waals surface area contributed by atoms with Gasteiger partial charge in [-0.15, -0.1) is 0 Å². The number of carbonyl (C=O) groups excluding carboxylic acids is 2. The molecule has 0 saturated heterocycles. The molecule has 0 bridgehead atoms. The summed E-state index contributed by atoms with van der Waals surface area (Å²) in [4.78, 5) is 24.4. The van der Waals surface area contributed by atoms with Crippen molar-refractivity contribution in [3.63, 3.8) is 0 Å². The van der Waals surface area contributed by atoms with Crippen LogP contribution in [0.3, 0.4) is 0 Å². The maximum atomic E-state index is 12.4. The maximum absolute atomic E-state index is 12.4. The van der Waals surface area contributed by atoms with Crippen LogP contribution < -0.4 is 10.1 Å². The summed E-state index contributed by atoms with van der Waals surface area (Å²) in [5.41, 5.74) is 1.60. The van der Waals surface area contributed by atoms with Crippen molar-refractivity contribution in [3.05, 3.63) is 72.3 Å². The Morgan fingerprint density at radius 3 is 2.48 bits per heavy atom. The largest absolute Gasteiger partial charge is 0.482 e. The molecule has 138 valence electrons. The third kappa shape index (κ3) is 4.64. The molecule has 1 atom stereocenters. The summed E-state index contributed by atoms with van der Waals surface area (Å²) in [6.07, 6.45) is -0.933. The topological polar surface area (TPSA) is 64.6 Å². The summed E-state index contributed by atoms with van der Waals surface area (Å²) >= 11 is 0. The molecular weight excluding hydrogens is 342 g/mol. The number of ether oxygens (including phenoxy) is 2. The Morgan fingerprint density at radius 1 is 0.963 bits per heavy atom. The molecule has 0 aliphatic heterocycles. The van der Waals surface area contributed by atoms with Gasteiger partial charge in [-0.2, -0.15) is 0 Å². The lowest BCUT2D eigenvalue weighted by Gasteiger charge is -2.15. The summed E-state index contributed by atoms with van der Waals surface area (Å²) in [7, 11) is 0. The normalized spacial score (nSPS) is 11.6. The van der Waals surface area contributed by atoms with Crippen LogP contribution in [0.1, 0.15) is 12.5 Å². The summed E-state index contributed by atoms with van der Waals surface area (Å²) in [5, 5.41) is 4.76. The highest BCUT2D eigenvalue weighted by Crippen LogP contribution is 2.23. The zero-order valence-electron chi connectivity index (χ0n) is 15.3. The minimum atomic E-state index is -0.933. The molecule has 27 heavy (non-hydrogen) atoms. The first-order chi connectivity index (χ1) is 13.0. The lowest BCUT2D eigenvalue weighted by Crippen LogP contribution is -2.31. The molecule has 5 heteroatoms. The van der Waals surface area contributed by atoms with E-state index < -0.39 is 18.0 Å². The molecule has 0 radical (unpaired) electrons. The summed E-state index contributed by atoms with van der Waals surface area (Å²) in [6, 6.07) is 20.8. The standard InChI is InChI=1S/C22H21NO4/c1-15-8-3-6-13-20(15)26-14-21(24)27-16(2)22(25)23-19-12-7-10-17-9-4-5-11-18(17)19/h3-13,16H,14H2,1-2H3,(H,23,25)/t16-/m1/s1. The average molecular weight is 363 g/mol. The molecule has 1 amide bonds. The van der Waals surface area contributed by atoms with E-state index in [4.69, 9.17) is 9.47 Å². The molecule has 0 fully saturated rings. The van der Waals surface area contributed by atoms with Crippen LogP contribution in [-0.4, -0.2) is 24.6 Å². The Kier molecular flexibility index (Phi) is 5.71. The van der Waals surface area contributed by atoms with E-state index in [0.717, 1.165) is 16.3 Å². The van der Waals surface area contributed by atoms with Gasteiger partial charge >= 0.3 is 5.97 Å². The molecule has 3 aromatic rings. The number of hydrogen-bond acceptors (Lipinski definition) is 4. The van der Waals surface area contributed by atoms with Crippen LogP contribution in [0.15, 0.2) is 66.7 Å². The van der Waals surface area contributed by atoms with E-state index in [1.807, 2.05) is 67.6 Å². The van der Waals surface area contributed by atoms with E-state index in [9.17, 15) is 9.59 Å². The van der Waals surface area contributed by atoms with E-state index in [-0.39, 0.29) is 6.61 Å². The fourth-order valence-electron chi connectivity index (χ4n) is 2.71. The number of para-hydroxylation sites is 1. The van der Waals surface area contributed by atoms with Crippen molar-refractivity contribution in [3.8, 4) is 5.75 Å². The first-order valence-corrected chi connectivity index (χ1v) is 8.71. The van der Waals surface area contributed by atoms with Crippen molar-refractivity contribution >= 4 is 28.3 Å². The highest BCUT2D eigenvalue weighted by atomic mass is 16.6. The Morgan fingerprint density at radius 2 is 1.67 bits per heavy atom. The molecule has 5 nitrogen and oxygen atoms in total. The number of fused-ring (bicyclic) bond motifs is 1. The number of nitrogens with one attached hydrogen (secondary N) is 1. The Hall–Kier alpha value is -3.34. The van der Waals surface area contributed by atoms with Crippen LogP contribution in [0.4, 0.5) is 5.69 Å². The molecule has 0 unspecified atom stereocenters. The van der Waals surface area contributed by atoms with Crippen molar-refractivity contribution in [2.75, 3.05) is 11.9 Å². The van der Waals surface area contributed by atoms with E-state index in [1.165, 1.54) is 6.92 Å². The van der Waals surface area contributed by atoms with E-state index in [1.54, 1.807) is 6.07 Å². The first-order valence-electron chi connectivity index (χ1n) is 8.71. The molecule has 0 heterocycles. The highest BCUT2D eigenvalue weighted by molar-refractivity contribution is 6.03. The smallest absolute Gasteiger partial charge is 0.344 e. The fourth-order valence-corrected chi connectivity index (χ4v) is 2.71. The number of anilines is 1. The van der Waals surface area contributed by atoms with Gasteiger partial charge in [0.05, 0.1) is 0 Å². The summed E-state index contributed by atoms with van der Waals surface area (Å²) in [6.45, 7) is 3.17. The predicted octanol–water partition coefficient (Wildman–Crippen LogP) is 4.10. The van der Waals surface area contributed by atoms with Crippen LogP contribution >= 0.6 is 0 Å². The number of carbonyl (C=O) groups is 2. The van der Waals surface area contributed by atoms with Crippen LogP contribution in [0.25, 0.3) is 10.8 Å². The average Bonchev–Trinajstić information content (AvgIpc) is 2.67. The van der Waals surface area contributed by atoms with Gasteiger partial charge in [-0.05, 0) is 36.9 Å². The van der Waals surface area contributed by atoms with E-state index >= 15 is 0 Å². The minimum Gasteiger partial charge on any atom is -0.482 e. The predicted molar refractivity (Wildman–Crippen MR) is 105 cm³/mol. The monoisotopic (exact) mass is 363 g/mol. The second-order valence-electron chi connectivity index (χ2n) is 6.20. The number of rotatable bonds is 6. The quantitative estimate of drug-likeness (QED) is 0.670. The number of hydrogen-bond donors (Lipinski definition) is 1. The molecule has 3 rings (SSSR count). The van der Waals surface area contributed by atoms with E-state index in [0.29, 0.717) is 11.4 Å². The molecule has 1 N–H and O–H groups in total. The Labute approximate surface area is 157 Å². The molecule has 0 spiro atoms. The van der Waals surface area contributed by atoms with Crippen LogP contribution in [0.2, 0.25) is 0 Å². The summed E-state index contributed by atoms with van der Waals surface area (Å²) < 4.78 is 10.6. The highest BCUT2D eigenvalue weighted by Gasteiger charge is 2.19. The fraction of sp³-hybridized carbons (Fsp3) is 0.182. The van der Waals surface area contributed by atoms with Crippen molar-refractivity contribution < 1.29 is 19.1 Å². The van der Waals surface area contributed by atoms with Gasteiger partial charge in [0.2, 0.25) is 0 Å². The first kappa shape index (κ1) is 18.5. The van der Waals surface area contributed by atoms with Gasteiger partial charge in [-0.1, -0.05) is 54.6 Å². The van der Waals surface area contributed by atoms with Crippen LogP contribution in [0.5, 0.6) is 5.75 Å². The number of aryl methyl sites for hydroxylation is 1. The van der Waals surface area contributed by atoms with Gasteiger partial charge < -0.3 is 14.8 Å². The van der Waals surface area contributed by atoms with Gasteiger partial charge in [-0.3, -0.25) is 4.79 Å². The molecule has 3 aromatic carbocycles. The molecular formula is C22H21NO4. The van der Waals surface area contributed by atoms with Gasteiger partial charge in [0, 0.05) is 11.1 Å². The van der Waals surface area contributed by atoms with Crippen LogP contribution in [-0.2, 0) is 14.3 Å². The zero-order chi connectivity index (χ0) is 19.2. The summed E-state index contributed by atoms with van der Waals surface area (Å²) in [5.74, 6) is -0.378. The van der Waals surface area contributed by atoms with Crippen LogP contribution in [0, 0.1) is 6.92 Å². The minimum absolute atomic E-state index is 0.253. The van der Waals surface area contributed by atoms with Crippen molar-refractivity contribution in [1.82, 2.24) is 0 Å². The van der Waals surface area contributed by atoms with Gasteiger partial charge in [0.25, 0.3) is 5.91 Å². The molecule has 0 aliphatic rings. The van der Waals surface area contributed by atoms with E-state index in [2.05, 4.69) is 5.32 Å². The SMILES string of the molecule is Cc1ccccc1OCC(=O)O[C@H](C)C(=O)Nc1cccc2ccccc12. The third-order valence-corrected chi connectivity index (χ3v) is 4.16. The number of esters is 1. The van der Waals surface area contributed by atoms with Gasteiger partial charge in [-0.25, -0.2) is 4.79 Å². The second kappa shape index (κ2) is 8.36. The Balaban J connectivity index is 1.57. The Bertz CT molecular complexity index is 962. The van der Waals surface area contributed by atoms with Crippen molar-refractivity contribution in [2.24, 2.45) is 0 Å². The van der Waals surface area contributed by atoms with Crippen molar-refractivity contribution in [2.45, 2.75) is 20.0 Å². The van der Waals surface area contributed by atoms with Gasteiger partial charge in [0.1, 0.15) is 5.75 Å². The van der Waals surface area contributed by atoms with Crippen molar-refractivity contribution in [1.29, 1.82) is 0 Å². The second-order valence-corrected chi connectivity index (χ2v) is 6.20. The lowest BCUT2D eigenvalue weighted by atomic mass is 10.1. The zero-order valence-corrected chi connectivity index (χ0v) is 15.3. The molecule has 0 saturated carbocycles. The number of benzene rings is 3. The lowest BCUT2D eigenvalue weighted by molar-refractivity contribution is -0.155. The molecule has 0 aromatic heterocycles. The third-order valence-electron chi connectivity index (χ3n) is 4.16. The molecule has 0 aliphatic carbocycles. The maximum Gasteiger partial charge on any atom is 0.344 e.